The summed E-state index contributed by atoms with van der Waals surface area (Å²) in [6.07, 6.45) is 4.20. The molecule has 1 aliphatic carbocycles. The summed E-state index contributed by atoms with van der Waals surface area (Å²) in [5, 5.41) is 12.1. The van der Waals surface area contributed by atoms with E-state index in [-0.39, 0.29) is 5.91 Å². The van der Waals surface area contributed by atoms with Gasteiger partial charge in [-0.25, -0.2) is 0 Å². The van der Waals surface area contributed by atoms with Gasteiger partial charge >= 0.3 is 0 Å². The van der Waals surface area contributed by atoms with Gasteiger partial charge in [0.2, 0.25) is 5.91 Å². The van der Waals surface area contributed by atoms with Crippen molar-refractivity contribution >= 4 is 5.91 Å². The third kappa shape index (κ3) is 2.70. The Balaban J connectivity index is 1.84. The number of amides is 1. The molecule has 1 aromatic carbocycles. The lowest BCUT2D eigenvalue weighted by molar-refractivity contribution is -0.127. The molecule has 1 saturated carbocycles. The second-order valence-corrected chi connectivity index (χ2v) is 4.89. The molecule has 0 spiro atoms. The standard InChI is InChI=1S/C15H18N2O/c16-12-15(9-4-5-10-15)14(18)17-11-8-13-6-2-1-3-7-13/h1-3,6-7H,4-5,8-11H2,(H,17,18). The van der Waals surface area contributed by atoms with E-state index in [1.807, 2.05) is 30.3 Å². The minimum atomic E-state index is -0.753. The summed E-state index contributed by atoms with van der Waals surface area (Å²) in [5.74, 6) is -0.0848. The van der Waals surface area contributed by atoms with Crippen molar-refractivity contribution < 1.29 is 4.79 Å². The van der Waals surface area contributed by atoms with Gasteiger partial charge in [-0.2, -0.15) is 5.26 Å². The van der Waals surface area contributed by atoms with Crippen molar-refractivity contribution in [3.8, 4) is 6.07 Å². The van der Waals surface area contributed by atoms with E-state index in [0.717, 1.165) is 19.3 Å². The van der Waals surface area contributed by atoms with Gasteiger partial charge in [0, 0.05) is 6.54 Å². The Morgan fingerprint density at radius 2 is 1.94 bits per heavy atom. The van der Waals surface area contributed by atoms with Crippen molar-refractivity contribution in [2.45, 2.75) is 32.1 Å². The van der Waals surface area contributed by atoms with E-state index >= 15 is 0 Å². The van der Waals surface area contributed by atoms with Crippen molar-refractivity contribution in [2.75, 3.05) is 6.54 Å². The van der Waals surface area contributed by atoms with Crippen molar-refractivity contribution in [2.24, 2.45) is 5.41 Å². The molecule has 2 rings (SSSR count). The van der Waals surface area contributed by atoms with Gasteiger partial charge in [0.05, 0.1) is 6.07 Å². The maximum atomic E-state index is 12.1. The lowest BCUT2D eigenvalue weighted by Crippen LogP contribution is -2.39. The zero-order chi connectivity index (χ0) is 12.8. The molecule has 0 atom stereocenters. The summed E-state index contributed by atoms with van der Waals surface area (Å²) in [6.45, 7) is 0.603. The van der Waals surface area contributed by atoms with Crippen molar-refractivity contribution in [3.63, 3.8) is 0 Å². The van der Waals surface area contributed by atoms with E-state index in [1.54, 1.807) is 0 Å². The Hall–Kier alpha value is -1.82. The second kappa shape index (κ2) is 5.68. The van der Waals surface area contributed by atoms with Gasteiger partial charge in [-0.15, -0.1) is 0 Å². The molecule has 1 fully saturated rings. The number of hydrogen-bond acceptors (Lipinski definition) is 2. The molecule has 1 aliphatic rings. The van der Waals surface area contributed by atoms with Gasteiger partial charge in [0.15, 0.2) is 0 Å². The van der Waals surface area contributed by atoms with Crippen molar-refractivity contribution in [1.29, 1.82) is 5.26 Å². The average molecular weight is 242 g/mol. The topological polar surface area (TPSA) is 52.9 Å². The van der Waals surface area contributed by atoms with Crippen LogP contribution in [0.2, 0.25) is 0 Å². The number of carbonyl (C=O) groups excluding carboxylic acids is 1. The van der Waals surface area contributed by atoms with Crippen LogP contribution in [0.5, 0.6) is 0 Å². The van der Waals surface area contributed by atoms with Crippen LogP contribution in [0.4, 0.5) is 0 Å². The second-order valence-electron chi connectivity index (χ2n) is 4.89. The van der Waals surface area contributed by atoms with Gasteiger partial charge in [-0.3, -0.25) is 4.79 Å². The predicted octanol–water partition coefficient (Wildman–Crippen LogP) is 2.43. The number of nitriles is 1. The summed E-state index contributed by atoms with van der Waals surface area (Å²) in [5.41, 5.74) is 0.451. The summed E-state index contributed by atoms with van der Waals surface area (Å²) < 4.78 is 0. The molecule has 1 N–H and O–H groups in total. The number of carbonyl (C=O) groups is 1. The molecule has 0 radical (unpaired) electrons. The molecule has 1 aromatic rings. The van der Waals surface area contributed by atoms with E-state index in [4.69, 9.17) is 0 Å². The Labute approximate surface area is 108 Å². The molecular formula is C15H18N2O. The molecule has 18 heavy (non-hydrogen) atoms. The van der Waals surface area contributed by atoms with Gasteiger partial charge in [0.25, 0.3) is 0 Å². The van der Waals surface area contributed by atoms with Crippen LogP contribution in [0, 0.1) is 16.7 Å². The van der Waals surface area contributed by atoms with Gasteiger partial charge in [-0.05, 0) is 24.8 Å². The molecule has 0 aliphatic heterocycles. The zero-order valence-electron chi connectivity index (χ0n) is 10.5. The molecule has 0 unspecified atom stereocenters. The van der Waals surface area contributed by atoms with Crippen molar-refractivity contribution in [3.05, 3.63) is 35.9 Å². The largest absolute Gasteiger partial charge is 0.354 e. The first-order valence-electron chi connectivity index (χ1n) is 6.50. The molecule has 0 aromatic heterocycles. The van der Waals surface area contributed by atoms with Crippen LogP contribution in [0.15, 0.2) is 30.3 Å². The molecule has 0 bridgehead atoms. The highest BCUT2D eigenvalue weighted by Crippen LogP contribution is 2.37. The minimum Gasteiger partial charge on any atom is -0.354 e. The average Bonchev–Trinajstić information content (AvgIpc) is 2.90. The quantitative estimate of drug-likeness (QED) is 0.881. The van der Waals surface area contributed by atoms with Crippen LogP contribution in [-0.4, -0.2) is 12.5 Å². The Morgan fingerprint density at radius 1 is 1.28 bits per heavy atom. The molecule has 3 nitrogen and oxygen atoms in total. The molecule has 3 heteroatoms. The molecule has 0 heterocycles. The lowest BCUT2D eigenvalue weighted by atomic mass is 9.87. The van der Waals surface area contributed by atoms with Gasteiger partial charge < -0.3 is 5.32 Å². The monoisotopic (exact) mass is 242 g/mol. The molecule has 94 valence electrons. The van der Waals surface area contributed by atoms with E-state index in [1.165, 1.54) is 5.56 Å². The Kier molecular flexibility index (Phi) is 3.99. The van der Waals surface area contributed by atoms with E-state index in [9.17, 15) is 10.1 Å². The predicted molar refractivity (Wildman–Crippen MR) is 69.7 cm³/mol. The maximum Gasteiger partial charge on any atom is 0.240 e. The number of rotatable bonds is 4. The lowest BCUT2D eigenvalue weighted by Gasteiger charge is -2.19. The van der Waals surface area contributed by atoms with Crippen LogP contribution in [0.3, 0.4) is 0 Å². The fraction of sp³-hybridized carbons (Fsp3) is 0.467. The minimum absolute atomic E-state index is 0.0848. The third-order valence-electron chi connectivity index (χ3n) is 3.65. The number of hydrogen-bond donors (Lipinski definition) is 1. The number of nitrogens with zero attached hydrogens (tertiary/aromatic N) is 1. The molecular weight excluding hydrogens is 224 g/mol. The summed E-state index contributed by atoms with van der Waals surface area (Å²) >= 11 is 0. The Morgan fingerprint density at radius 3 is 2.56 bits per heavy atom. The smallest absolute Gasteiger partial charge is 0.240 e. The zero-order valence-corrected chi connectivity index (χ0v) is 10.5. The van der Waals surface area contributed by atoms with Crippen LogP contribution in [-0.2, 0) is 11.2 Å². The van der Waals surface area contributed by atoms with Crippen LogP contribution in [0.25, 0.3) is 0 Å². The highest BCUT2D eigenvalue weighted by molar-refractivity contribution is 5.85. The first-order valence-corrected chi connectivity index (χ1v) is 6.50. The number of benzene rings is 1. The molecule has 0 saturated heterocycles. The van der Waals surface area contributed by atoms with E-state index in [0.29, 0.717) is 19.4 Å². The first-order chi connectivity index (χ1) is 8.77. The fourth-order valence-electron chi connectivity index (χ4n) is 2.50. The van der Waals surface area contributed by atoms with Crippen molar-refractivity contribution in [1.82, 2.24) is 5.32 Å². The normalized spacial score (nSPS) is 17.1. The van der Waals surface area contributed by atoms with Gasteiger partial charge in [-0.1, -0.05) is 43.2 Å². The highest BCUT2D eigenvalue weighted by atomic mass is 16.2. The highest BCUT2D eigenvalue weighted by Gasteiger charge is 2.41. The first kappa shape index (κ1) is 12.6. The summed E-state index contributed by atoms with van der Waals surface area (Å²) in [4.78, 5) is 12.1. The maximum absolute atomic E-state index is 12.1. The molecule has 1 amide bonds. The van der Waals surface area contributed by atoms with Crippen LogP contribution in [0.1, 0.15) is 31.2 Å². The third-order valence-corrected chi connectivity index (χ3v) is 3.65. The van der Waals surface area contributed by atoms with Crippen LogP contribution >= 0.6 is 0 Å². The van der Waals surface area contributed by atoms with E-state index < -0.39 is 5.41 Å². The SMILES string of the molecule is N#CC1(C(=O)NCCc2ccccc2)CCCC1. The van der Waals surface area contributed by atoms with Gasteiger partial charge in [0.1, 0.15) is 5.41 Å². The van der Waals surface area contributed by atoms with Crippen LogP contribution < -0.4 is 5.32 Å². The van der Waals surface area contributed by atoms with E-state index in [2.05, 4.69) is 11.4 Å². The summed E-state index contributed by atoms with van der Waals surface area (Å²) in [6, 6.07) is 12.3. The fourth-order valence-corrected chi connectivity index (χ4v) is 2.50. The Bertz CT molecular complexity index is 441. The number of nitrogens with one attached hydrogen (secondary N) is 1. The summed E-state index contributed by atoms with van der Waals surface area (Å²) in [7, 11) is 0.